The van der Waals surface area contributed by atoms with Crippen LogP contribution in [0.4, 0.5) is 0 Å². The number of amides is 1. The molecule has 1 aliphatic carbocycles. The van der Waals surface area contributed by atoms with Gasteiger partial charge < -0.3 is 10.2 Å². The van der Waals surface area contributed by atoms with Gasteiger partial charge in [-0.25, -0.2) is 0 Å². The maximum absolute atomic E-state index is 12.8. The molecule has 3 rings (SSSR count). The number of nitrogens with one attached hydrogen (secondary N) is 1. The lowest BCUT2D eigenvalue weighted by Gasteiger charge is -2.43. The molecule has 0 aromatic rings. The number of piperidine rings is 1. The van der Waals surface area contributed by atoms with Crippen molar-refractivity contribution in [1.29, 1.82) is 0 Å². The lowest BCUT2D eigenvalue weighted by molar-refractivity contribution is -0.139. The van der Waals surface area contributed by atoms with Gasteiger partial charge in [0.2, 0.25) is 5.91 Å². The molecule has 2 aliphatic heterocycles. The summed E-state index contributed by atoms with van der Waals surface area (Å²) in [6.07, 6.45) is 5.17. The number of nitrogens with zero attached hydrogens (tertiary/aromatic N) is 2. The zero-order chi connectivity index (χ0) is 14.2. The zero-order valence-corrected chi connectivity index (χ0v) is 13.0. The van der Waals surface area contributed by atoms with E-state index in [0.717, 1.165) is 45.1 Å². The minimum atomic E-state index is 0.0197. The second-order valence-electron chi connectivity index (χ2n) is 7.55. The predicted molar refractivity (Wildman–Crippen MR) is 80.5 cm³/mol. The van der Waals surface area contributed by atoms with Crippen molar-refractivity contribution in [3.8, 4) is 0 Å². The molecular weight excluding hydrogens is 250 g/mol. The first-order chi connectivity index (χ1) is 9.56. The number of carbonyl (C=O) groups is 1. The topological polar surface area (TPSA) is 35.6 Å². The third kappa shape index (κ3) is 3.17. The molecule has 1 N–H and O–H groups in total. The summed E-state index contributed by atoms with van der Waals surface area (Å²) in [7, 11) is 0. The number of hydrogen-bond acceptors (Lipinski definition) is 3. The van der Waals surface area contributed by atoms with E-state index in [0.29, 0.717) is 5.91 Å². The minimum Gasteiger partial charge on any atom is -0.339 e. The van der Waals surface area contributed by atoms with Crippen molar-refractivity contribution in [1.82, 2.24) is 15.1 Å². The molecule has 1 atom stereocenters. The van der Waals surface area contributed by atoms with Crippen molar-refractivity contribution in [2.24, 2.45) is 11.3 Å². The Hall–Kier alpha value is -0.610. The lowest BCUT2D eigenvalue weighted by Crippen LogP contribution is -2.59. The van der Waals surface area contributed by atoms with Gasteiger partial charge in [0.05, 0.1) is 6.04 Å². The normalized spacial score (nSPS) is 31.3. The fourth-order valence-electron chi connectivity index (χ4n) is 3.63. The van der Waals surface area contributed by atoms with Gasteiger partial charge in [-0.2, -0.15) is 0 Å². The van der Waals surface area contributed by atoms with Gasteiger partial charge in [-0.05, 0) is 43.6 Å². The van der Waals surface area contributed by atoms with Gasteiger partial charge in [0, 0.05) is 32.7 Å². The highest BCUT2D eigenvalue weighted by Crippen LogP contribution is 2.32. The van der Waals surface area contributed by atoms with Crippen LogP contribution in [-0.4, -0.2) is 61.0 Å². The molecule has 0 spiro atoms. The van der Waals surface area contributed by atoms with Crippen LogP contribution in [0.15, 0.2) is 0 Å². The number of piperazine rings is 1. The Balaban J connectivity index is 1.52. The molecule has 0 bridgehead atoms. The van der Waals surface area contributed by atoms with Gasteiger partial charge in [-0.1, -0.05) is 13.8 Å². The molecule has 20 heavy (non-hydrogen) atoms. The summed E-state index contributed by atoms with van der Waals surface area (Å²) in [6.45, 7) is 10.7. The molecule has 2 heterocycles. The van der Waals surface area contributed by atoms with Crippen molar-refractivity contribution >= 4 is 5.91 Å². The van der Waals surface area contributed by atoms with Crippen LogP contribution in [0.25, 0.3) is 0 Å². The summed E-state index contributed by atoms with van der Waals surface area (Å²) in [5.74, 6) is 1.29. The summed E-state index contributed by atoms with van der Waals surface area (Å²) in [5, 5.41) is 3.46. The molecule has 1 saturated carbocycles. The van der Waals surface area contributed by atoms with Crippen LogP contribution in [-0.2, 0) is 4.79 Å². The highest BCUT2D eigenvalue weighted by molar-refractivity contribution is 5.83. The molecule has 4 nitrogen and oxygen atoms in total. The number of hydrogen-bond donors (Lipinski definition) is 1. The summed E-state index contributed by atoms with van der Waals surface area (Å²) in [5.41, 5.74) is 0.0977. The average molecular weight is 279 g/mol. The third-order valence-corrected chi connectivity index (χ3v) is 5.27. The number of rotatable bonds is 3. The Labute approximate surface area is 122 Å². The van der Waals surface area contributed by atoms with E-state index in [1.165, 1.54) is 25.8 Å². The molecule has 0 aromatic heterocycles. The van der Waals surface area contributed by atoms with Crippen LogP contribution >= 0.6 is 0 Å². The molecule has 4 heteroatoms. The fourth-order valence-corrected chi connectivity index (χ4v) is 3.63. The van der Waals surface area contributed by atoms with E-state index in [1.54, 1.807) is 0 Å². The van der Waals surface area contributed by atoms with Gasteiger partial charge >= 0.3 is 0 Å². The Morgan fingerprint density at radius 2 is 1.90 bits per heavy atom. The fraction of sp³-hybridized carbons (Fsp3) is 0.938. The van der Waals surface area contributed by atoms with E-state index >= 15 is 0 Å². The van der Waals surface area contributed by atoms with Gasteiger partial charge in [-0.15, -0.1) is 0 Å². The van der Waals surface area contributed by atoms with Crippen molar-refractivity contribution in [3.63, 3.8) is 0 Å². The summed E-state index contributed by atoms with van der Waals surface area (Å²) < 4.78 is 0. The van der Waals surface area contributed by atoms with Crippen LogP contribution in [0, 0.1) is 11.3 Å². The average Bonchev–Trinajstić information content (AvgIpc) is 3.22. The van der Waals surface area contributed by atoms with Gasteiger partial charge in [0.15, 0.2) is 0 Å². The van der Waals surface area contributed by atoms with Crippen molar-refractivity contribution in [2.75, 3.05) is 39.3 Å². The quantitative estimate of drug-likeness (QED) is 0.846. The predicted octanol–water partition coefficient (Wildman–Crippen LogP) is 1.32. The Kier molecular flexibility index (Phi) is 4.04. The van der Waals surface area contributed by atoms with Crippen molar-refractivity contribution < 1.29 is 4.79 Å². The Bertz CT molecular complexity index is 357. The maximum Gasteiger partial charge on any atom is 0.240 e. The summed E-state index contributed by atoms with van der Waals surface area (Å²) in [6, 6.07) is 0.0197. The molecule has 1 unspecified atom stereocenters. The first-order valence-electron chi connectivity index (χ1n) is 8.31. The molecule has 0 radical (unpaired) electrons. The molecule has 1 amide bonds. The van der Waals surface area contributed by atoms with Crippen LogP contribution in [0.5, 0.6) is 0 Å². The maximum atomic E-state index is 12.8. The highest BCUT2D eigenvalue weighted by atomic mass is 16.2. The monoisotopic (exact) mass is 279 g/mol. The Morgan fingerprint density at radius 3 is 2.50 bits per heavy atom. The smallest absolute Gasteiger partial charge is 0.240 e. The van der Waals surface area contributed by atoms with Crippen LogP contribution in [0.3, 0.4) is 0 Å². The second-order valence-corrected chi connectivity index (χ2v) is 7.55. The van der Waals surface area contributed by atoms with E-state index in [4.69, 9.17) is 0 Å². The van der Waals surface area contributed by atoms with E-state index in [1.807, 2.05) is 0 Å². The minimum absolute atomic E-state index is 0.0197. The van der Waals surface area contributed by atoms with Crippen LogP contribution in [0.2, 0.25) is 0 Å². The molecule has 0 aromatic carbocycles. The lowest BCUT2D eigenvalue weighted by atomic mass is 9.77. The Morgan fingerprint density at radius 1 is 1.20 bits per heavy atom. The number of carbonyl (C=O) groups excluding carboxylic acids is 1. The molecule has 3 aliphatic rings. The summed E-state index contributed by atoms with van der Waals surface area (Å²) >= 11 is 0. The van der Waals surface area contributed by atoms with Gasteiger partial charge in [0.1, 0.15) is 0 Å². The first-order valence-corrected chi connectivity index (χ1v) is 8.31. The SMILES string of the molecule is CC1(C)CCCNC1C(=O)N1CCN(CC2CC2)CC1. The van der Waals surface area contributed by atoms with Gasteiger partial charge in [-0.3, -0.25) is 9.69 Å². The first kappa shape index (κ1) is 14.3. The van der Waals surface area contributed by atoms with E-state index in [2.05, 4.69) is 29.0 Å². The van der Waals surface area contributed by atoms with E-state index in [-0.39, 0.29) is 11.5 Å². The van der Waals surface area contributed by atoms with E-state index in [9.17, 15) is 4.79 Å². The summed E-state index contributed by atoms with van der Waals surface area (Å²) in [4.78, 5) is 17.4. The molecular formula is C16H29N3O. The van der Waals surface area contributed by atoms with Crippen molar-refractivity contribution in [2.45, 2.75) is 45.6 Å². The standard InChI is InChI=1S/C16H29N3O/c1-16(2)6-3-7-17-14(16)15(20)19-10-8-18(9-11-19)12-13-4-5-13/h13-14,17H,3-12H2,1-2H3. The highest BCUT2D eigenvalue weighted by Gasteiger charge is 2.40. The third-order valence-electron chi connectivity index (χ3n) is 5.27. The van der Waals surface area contributed by atoms with Crippen LogP contribution in [0.1, 0.15) is 39.5 Å². The molecule has 3 fully saturated rings. The largest absolute Gasteiger partial charge is 0.339 e. The second kappa shape index (κ2) is 5.64. The van der Waals surface area contributed by atoms with Gasteiger partial charge in [0.25, 0.3) is 0 Å². The van der Waals surface area contributed by atoms with Crippen molar-refractivity contribution in [3.05, 3.63) is 0 Å². The molecule has 114 valence electrons. The molecule has 2 saturated heterocycles. The van der Waals surface area contributed by atoms with Crippen LogP contribution < -0.4 is 5.32 Å². The van der Waals surface area contributed by atoms with E-state index < -0.39 is 0 Å². The zero-order valence-electron chi connectivity index (χ0n) is 13.0.